The number of amides is 3. The second-order valence-corrected chi connectivity index (χ2v) is 19.4. The molecule has 8 rings (SSSR count). The van der Waals surface area contributed by atoms with E-state index in [0.717, 1.165) is 18.4 Å². The number of hydrogen-bond donors (Lipinski definition) is 2. The molecule has 2 N–H and O–H groups in total. The molecule has 3 amide bonds. The van der Waals surface area contributed by atoms with E-state index in [2.05, 4.69) is 21.5 Å². The molecule has 1 saturated carbocycles. The van der Waals surface area contributed by atoms with Gasteiger partial charge >= 0.3 is 13.5 Å². The number of esters is 1. The minimum atomic E-state index is -4.46. The summed E-state index contributed by atoms with van der Waals surface area (Å²) in [7, 11) is -4.46. The molecular formula is C44H48FN6O7PS. The number of aromatic nitrogens is 1. The summed E-state index contributed by atoms with van der Waals surface area (Å²) < 4.78 is 42.5. The van der Waals surface area contributed by atoms with Gasteiger partial charge in [0.2, 0.25) is 17.7 Å². The van der Waals surface area contributed by atoms with Crippen LogP contribution >= 0.6 is 18.9 Å². The van der Waals surface area contributed by atoms with Gasteiger partial charge in [0.05, 0.1) is 29.0 Å². The lowest BCUT2D eigenvalue weighted by Gasteiger charge is -2.35. The minimum Gasteiger partial charge on any atom is -0.465 e. The van der Waals surface area contributed by atoms with Gasteiger partial charge in [0.1, 0.15) is 23.9 Å². The van der Waals surface area contributed by atoms with Crippen LogP contribution in [0.25, 0.3) is 10.1 Å². The van der Waals surface area contributed by atoms with E-state index in [1.54, 1.807) is 47.6 Å². The van der Waals surface area contributed by atoms with Crippen LogP contribution in [0, 0.1) is 17.2 Å². The number of benzene rings is 2. The zero-order valence-corrected chi connectivity index (χ0v) is 35.2. The first-order chi connectivity index (χ1) is 29.0. The van der Waals surface area contributed by atoms with Crippen LogP contribution in [0.5, 0.6) is 5.75 Å². The van der Waals surface area contributed by atoms with Crippen LogP contribution in [-0.2, 0) is 23.7 Å². The van der Waals surface area contributed by atoms with Crippen molar-refractivity contribution in [3.05, 3.63) is 95.1 Å². The Morgan fingerprint density at radius 3 is 2.60 bits per heavy atom. The number of likely N-dealkylation sites (tertiary alicyclic amines) is 1. The monoisotopic (exact) mass is 854 g/mol. The predicted octanol–water partition coefficient (Wildman–Crippen LogP) is 7.41. The van der Waals surface area contributed by atoms with Crippen molar-refractivity contribution in [1.29, 1.82) is 5.26 Å². The number of hydrogen-bond acceptors (Lipinski definition) is 10. The molecule has 60 heavy (non-hydrogen) atoms. The summed E-state index contributed by atoms with van der Waals surface area (Å²) in [5, 5.41) is 16.3. The number of fused-ring (bicyclic) bond motifs is 2. The predicted molar refractivity (Wildman–Crippen MR) is 223 cm³/mol. The highest BCUT2D eigenvalue weighted by atomic mass is 32.1. The average molecular weight is 855 g/mol. The average Bonchev–Trinajstić information content (AvgIpc) is 3.62. The van der Waals surface area contributed by atoms with E-state index in [4.69, 9.17) is 9.26 Å². The Morgan fingerprint density at radius 1 is 1.08 bits per heavy atom. The highest BCUT2D eigenvalue weighted by Crippen LogP contribution is 2.59. The van der Waals surface area contributed by atoms with Crippen molar-refractivity contribution in [2.45, 2.75) is 107 Å². The summed E-state index contributed by atoms with van der Waals surface area (Å²) in [4.78, 5) is 63.5. The lowest BCUT2D eigenvalue weighted by Crippen LogP contribution is -2.56. The number of carbonyl (C=O) groups excluding carboxylic acids is 4. The third-order valence-electron chi connectivity index (χ3n) is 12.4. The largest absolute Gasteiger partial charge is 0.465 e. The summed E-state index contributed by atoms with van der Waals surface area (Å²) in [6.45, 7) is 3.82. The maximum absolute atomic E-state index is 16.5. The fourth-order valence-electron chi connectivity index (χ4n) is 9.24. The first-order valence-electron chi connectivity index (χ1n) is 20.7. The van der Waals surface area contributed by atoms with Crippen LogP contribution in [0.2, 0.25) is 0 Å². The third-order valence-corrected chi connectivity index (χ3v) is 15.6. The molecule has 314 valence electrons. The Morgan fingerprint density at radius 2 is 1.88 bits per heavy atom. The number of nitrogens with one attached hydrogen (secondary N) is 2. The maximum Gasteiger partial charge on any atom is 0.355 e. The summed E-state index contributed by atoms with van der Waals surface area (Å²) >= 11 is 1.17. The van der Waals surface area contributed by atoms with E-state index in [1.165, 1.54) is 42.5 Å². The molecule has 1 spiro atoms. The SMILES string of the molecule is CCCOC(=O)[C@H](C)NP(=O)(Oc1ccccc1)[C@@H](F)c1ccc2sc(C(=O)N[C@H]3CCC[C@H]4CC[C@@H](C(=O)N5C[C@@H](c6cccnc6)[C@H](C#N)C56CC6)N4C3=O)cc2c1. The number of nitriles is 1. The number of nitrogens with zero attached hydrogens (tertiary/aromatic N) is 4. The van der Waals surface area contributed by atoms with Gasteiger partial charge in [-0.1, -0.05) is 37.3 Å². The van der Waals surface area contributed by atoms with Gasteiger partial charge in [-0.3, -0.25) is 28.7 Å². The Bertz CT molecular complexity index is 2360. The van der Waals surface area contributed by atoms with E-state index in [9.17, 15) is 29.0 Å². The van der Waals surface area contributed by atoms with Crippen LogP contribution in [0.1, 0.15) is 97.8 Å². The van der Waals surface area contributed by atoms with Crippen LogP contribution in [0.15, 0.2) is 79.1 Å². The van der Waals surface area contributed by atoms with Gasteiger partial charge < -0.3 is 24.4 Å². The lowest BCUT2D eigenvalue weighted by molar-refractivity contribution is -0.147. The molecule has 4 aromatic rings. The van der Waals surface area contributed by atoms with Crippen molar-refractivity contribution < 1.29 is 37.4 Å². The molecule has 2 aromatic carbocycles. The molecular weight excluding hydrogens is 807 g/mol. The fourth-order valence-corrected chi connectivity index (χ4v) is 12.1. The molecule has 0 bridgehead atoms. The van der Waals surface area contributed by atoms with Crippen LogP contribution in [0.3, 0.4) is 0 Å². The van der Waals surface area contributed by atoms with Crippen LogP contribution in [-0.4, -0.2) is 81.3 Å². The number of rotatable bonds is 13. The standard InChI is InChI=1S/C44H48FN6O7PS/c1-3-21-57-43(55)27(2)49-59(56,58-32-11-5-4-6-12-32)39(45)28-14-17-37-30(22-28)23-38(60-37)40(52)48-35-13-7-10-31-15-16-36(51(31)41(35)53)42(54)50-26-33(29-9-8-20-47-25-29)34(24-46)44(50)18-19-44/h4-6,8-9,11-12,14,17,20,22-23,25,27,31,33-36,39H,3,7,10,13,15-16,18-19,21,26H2,1-2H3,(H,48,52)(H,49,56)/t27-,31-,33-,34-,35-,36-,39+,59?/m0/s1. The van der Waals surface area contributed by atoms with Gasteiger partial charge in [0, 0.05) is 35.6 Å². The molecule has 1 unspecified atom stereocenters. The molecule has 3 saturated heterocycles. The Kier molecular flexibility index (Phi) is 11.8. The van der Waals surface area contributed by atoms with Gasteiger partial charge in [0.25, 0.3) is 5.91 Å². The molecule has 4 fully saturated rings. The number of carbonyl (C=O) groups is 4. The number of thiophene rings is 1. The summed E-state index contributed by atoms with van der Waals surface area (Å²) in [5.41, 5.74) is 0.400. The molecule has 8 atom stereocenters. The number of para-hydroxylation sites is 1. The minimum absolute atomic E-state index is 0.0155. The zero-order chi connectivity index (χ0) is 42.2. The highest BCUT2D eigenvalue weighted by molar-refractivity contribution is 7.57. The van der Waals surface area contributed by atoms with Crippen molar-refractivity contribution >= 4 is 52.6 Å². The fraction of sp³-hybridized carbons (Fsp3) is 0.455. The Balaban J connectivity index is 0.980. The molecule has 16 heteroatoms. The van der Waals surface area contributed by atoms with Gasteiger partial charge in [-0.15, -0.1) is 11.3 Å². The number of ether oxygens (including phenoxy) is 1. The summed E-state index contributed by atoms with van der Waals surface area (Å²) in [5.74, 6) is -4.16. The number of alkyl halides is 1. The van der Waals surface area contributed by atoms with Crippen molar-refractivity contribution in [3.8, 4) is 11.8 Å². The summed E-state index contributed by atoms with van der Waals surface area (Å²) in [6, 6.07) is 17.8. The molecule has 2 aromatic heterocycles. The van der Waals surface area contributed by atoms with Crippen molar-refractivity contribution in [3.63, 3.8) is 0 Å². The molecule has 5 heterocycles. The molecule has 3 aliphatic heterocycles. The van der Waals surface area contributed by atoms with Crippen molar-refractivity contribution in [2.75, 3.05) is 13.2 Å². The van der Waals surface area contributed by atoms with E-state index < -0.39 is 49.0 Å². The second kappa shape index (κ2) is 17.1. The summed E-state index contributed by atoms with van der Waals surface area (Å²) in [6.07, 6.45) is 8.54. The first kappa shape index (κ1) is 41.6. The Hall–Kier alpha value is -5.16. The van der Waals surface area contributed by atoms with Gasteiger partial charge in [-0.25, -0.2) is 9.48 Å². The first-order valence-corrected chi connectivity index (χ1v) is 23.2. The van der Waals surface area contributed by atoms with Crippen molar-refractivity contribution in [2.24, 2.45) is 5.92 Å². The molecule has 0 radical (unpaired) electrons. The van der Waals surface area contributed by atoms with Gasteiger partial charge in [-0.2, -0.15) is 5.26 Å². The molecule has 1 aliphatic carbocycles. The topological polar surface area (TPSA) is 171 Å². The van der Waals surface area contributed by atoms with E-state index >= 15 is 4.39 Å². The van der Waals surface area contributed by atoms with Gasteiger partial charge in [-0.05, 0) is 111 Å². The second-order valence-electron chi connectivity index (χ2n) is 16.3. The van der Waals surface area contributed by atoms with Gasteiger partial charge in [0.15, 0.2) is 0 Å². The normalized spacial score (nSPS) is 25.1. The highest BCUT2D eigenvalue weighted by Gasteiger charge is 2.64. The van der Waals surface area contributed by atoms with Crippen LogP contribution < -0.4 is 14.9 Å². The molecule has 4 aliphatic rings. The number of halogens is 1. The van der Waals surface area contributed by atoms with E-state index in [-0.39, 0.29) is 47.6 Å². The maximum atomic E-state index is 16.5. The zero-order valence-electron chi connectivity index (χ0n) is 33.5. The van der Waals surface area contributed by atoms with E-state index in [1.807, 2.05) is 24.0 Å². The Labute approximate surface area is 352 Å². The van der Waals surface area contributed by atoms with Crippen molar-refractivity contribution in [1.82, 2.24) is 25.2 Å². The third kappa shape index (κ3) is 7.93. The number of pyridine rings is 1. The molecule has 13 nitrogen and oxygen atoms in total. The smallest absolute Gasteiger partial charge is 0.355 e. The lowest BCUT2D eigenvalue weighted by atomic mass is 9.85. The van der Waals surface area contributed by atoms with E-state index in [0.29, 0.717) is 60.0 Å². The quantitative estimate of drug-likeness (QED) is 0.102. The van der Waals surface area contributed by atoms with Crippen LogP contribution in [0.4, 0.5) is 4.39 Å².